The maximum atomic E-state index is 12.9. The second-order valence-electron chi connectivity index (χ2n) is 6.71. The van der Waals surface area contributed by atoms with Gasteiger partial charge in [0.25, 0.3) is 5.91 Å². The first-order valence-electron chi connectivity index (χ1n) is 8.87. The van der Waals surface area contributed by atoms with E-state index in [1.165, 1.54) is 0 Å². The molecule has 0 aromatic heterocycles. The van der Waals surface area contributed by atoms with Gasteiger partial charge in [0.15, 0.2) is 5.41 Å². The summed E-state index contributed by atoms with van der Waals surface area (Å²) >= 11 is 0. The molecule has 3 atom stereocenters. The largest absolute Gasteiger partial charge is 0.488 e. The zero-order chi connectivity index (χ0) is 19.1. The van der Waals surface area contributed by atoms with Crippen molar-refractivity contribution in [1.29, 1.82) is 0 Å². The highest BCUT2D eigenvalue weighted by Crippen LogP contribution is 2.61. The summed E-state index contributed by atoms with van der Waals surface area (Å²) in [6.07, 6.45) is -0.505. The van der Waals surface area contributed by atoms with Crippen molar-refractivity contribution >= 4 is 17.7 Å². The lowest BCUT2D eigenvalue weighted by molar-refractivity contribution is -0.187. The van der Waals surface area contributed by atoms with Crippen molar-refractivity contribution in [2.45, 2.75) is 25.0 Å². The Morgan fingerprint density at radius 3 is 2.33 bits per heavy atom. The Morgan fingerprint density at radius 1 is 1.07 bits per heavy atom. The van der Waals surface area contributed by atoms with Crippen molar-refractivity contribution in [3.05, 3.63) is 66.2 Å². The SMILES string of the molecule is CCOC(=O)[C@]12C[C@@H](Oc3ccccc3)[C@@]1(c1ccccc1)NC(=O)C2=O. The highest BCUT2D eigenvalue weighted by Gasteiger charge is 2.81. The van der Waals surface area contributed by atoms with Crippen LogP contribution in [0.25, 0.3) is 0 Å². The Kier molecular flexibility index (Phi) is 3.98. The molecule has 2 aromatic rings. The number of nitrogens with one attached hydrogen (secondary N) is 1. The van der Waals surface area contributed by atoms with Gasteiger partial charge in [-0.15, -0.1) is 0 Å². The van der Waals surface area contributed by atoms with Crippen LogP contribution in [0.3, 0.4) is 0 Å². The van der Waals surface area contributed by atoms with Crippen LogP contribution in [0.2, 0.25) is 0 Å². The summed E-state index contributed by atoms with van der Waals surface area (Å²) in [5.74, 6) is -1.64. The Labute approximate surface area is 156 Å². The molecule has 138 valence electrons. The van der Waals surface area contributed by atoms with Crippen LogP contribution < -0.4 is 10.1 Å². The molecule has 1 saturated heterocycles. The van der Waals surface area contributed by atoms with Crippen LogP contribution in [0, 0.1) is 5.41 Å². The summed E-state index contributed by atoms with van der Waals surface area (Å²) in [5.41, 5.74) is -2.25. The minimum absolute atomic E-state index is 0.0766. The molecule has 1 aliphatic heterocycles. The van der Waals surface area contributed by atoms with Gasteiger partial charge in [0.2, 0.25) is 5.78 Å². The molecule has 0 radical (unpaired) electrons. The van der Waals surface area contributed by atoms with E-state index in [0.717, 1.165) is 0 Å². The van der Waals surface area contributed by atoms with E-state index < -0.39 is 34.7 Å². The van der Waals surface area contributed by atoms with Gasteiger partial charge in [-0.1, -0.05) is 48.5 Å². The number of ketones is 1. The number of rotatable bonds is 5. The van der Waals surface area contributed by atoms with Crippen LogP contribution in [0.5, 0.6) is 5.75 Å². The van der Waals surface area contributed by atoms with Crippen LogP contribution in [0.1, 0.15) is 18.9 Å². The van der Waals surface area contributed by atoms with Gasteiger partial charge in [0.05, 0.1) is 6.61 Å². The molecule has 0 unspecified atom stereocenters. The fraction of sp³-hybridized carbons (Fsp3) is 0.286. The minimum atomic E-state index is -1.61. The third-order valence-corrected chi connectivity index (χ3v) is 5.43. The van der Waals surface area contributed by atoms with Crippen molar-refractivity contribution in [3.63, 3.8) is 0 Å². The first-order valence-corrected chi connectivity index (χ1v) is 8.87. The third-order valence-electron chi connectivity index (χ3n) is 5.43. The van der Waals surface area contributed by atoms with Gasteiger partial charge in [0.1, 0.15) is 17.4 Å². The summed E-state index contributed by atoms with van der Waals surface area (Å²) in [7, 11) is 0. The summed E-state index contributed by atoms with van der Waals surface area (Å²) in [4.78, 5) is 38.1. The molecule has 4 rings (SSSR count). The molecule has 2 aliphatic rings. The predicted octanol–water partition coefficient (Wildman–Crippen LogP) is 1.98. The number of hydrogen-bond acceptors (Lipinski definition) is 5. The lowest BCUT2D eigenvalue weighted by Gasteiger charge is -2.56. The van der Waals surface area contributed by atoms with Crippen LogP contribution in [-0.2, 0) is 24.7 Å². The molecular weight excluding hydrogens is 346 g/mol. The van der Waals surface area contributed by atoms with Crippen LogP contribution in [0.15, 0.2) is 60.7 Å². The van der Waals surface area contributed by atoms with Crippen molar-refractivity contribution in [1.82, 2.24) is 5.32 Å². The lowest BCUT2D eigenvalue weighted by Crippen LogP contribution is -2.73. The van der Waals surface area contributed by atoms with E-state index >= 15 is 0 Å². The van der Waals surface area contributed by atoms with E-state index in [0.29, 0.717) is 11.3 Å². The van der Waals surface area contributed by atoms with Crippen LogP contribution in [0.4, 0.5) is 0 Å². The highest BCUT2D eigenvalue weighted by atomic mass is 16.5. The number of carbonyl (C=O) groups excluding carboxylic acids is 3. The average molecular weight is 365 g/mol. The Hall–Kier alpha value is -3.15. The molecule has 2 aromatic carbocycles. The zero-order valence-corrected chi connectivity index (χ0v) is 14.8. The first kappa shape index (κ1) is 17.3. The van der Waals surface area contributed by atoms with Gasteiger partial charge in [-0.2, -0.15) is 0 Å². The van der Waals surface area contributed by atoms with Crippen LogP contribution in [-0.4, -0.2) is 30.4 Å². The number of benzene rings is 2. The Bertz CT molecular complexity index is 897. The van der Waals surface area contributed by atoms with Gasteiger partial charge in [-0.05, 0) is 24.6 Å². The molecule has 1 N–H and O–H groups in total. The molecule has 1 aliphatic carbocycles. The first-order chi connectivity index (χ1) is 13.1. The fourth-order valence-electron chi connectivity index (χ4n) is 4.21. The van der Waals surface area contributed by atoms with E-state index in [4.69, 9.17) is 9.47 Å². The van der Waals surface area contributed by atoms with Crippen molar-refractivity contribution in [2.75, 3.05) is 6.61 Å². The summed E-state index contributed by atoms with van der Waals surface area (Å²) in [6, 6.07) is 18.1. The van der Waals surface area contributed by atoms with Crippen LogP contribution >= 0.6 is 0 Å². The Morgan fingerprint density at radius 2 is 1.70 bits per heavy atom. The molecule has 0 spiro atoms. The number of fused-ring (bicyclic) bond motifs is 1. The van der Waals surface area contributed by atoms with Gasteiger partial charge in [-0.3, -0.25) is 14.4 Å². The number of amides is 1. The lowest BCUT2D eigenvalue weighted by atomic mass is 9.50. The summed E-state index contributed by atoms with van der Waals surface area (Å²) in [6.45, 7) is 1.79. The number of Topliss-reactive ketones (excluding diaryl/α,β-unsaturated/α-hetero) is 1. The van der Waals surface area contributed by atoms with Crippen molar-refractivity contribution < 1.29 is 23.9 Å². The molecule has 2 fully saturated rings. The number of esters is 1. The van der Waals surface area contributed by atoms with E-state index in [9.17, 15) is 14.4 Å². The molecule has 1 saturated carbocycles. The highest BCUT2D eigenvalue weighted by molar-refractivity contribution is 6.45. The molecule has 1 amide bonds. The molecule has 27 heavy (non-hydrogen) atoms. The zero-order valence-electron chi connectivity index (χ0n) is 14.8. The van der Waals surface area contributed by atoms with E-state index in [1.807, 2.05) is 24.3 Å². The Balaban J connectivity index is 1.84. The quantitative estimate of drug-likeness (QED) is 0.498. The number of ether oxygens (including phenoxy) is 2. The second kappa shape index (κ2) is 6.23. The van der Waals surface area contributed by atoms with Gasteiger partial charge in [0, 0.05) is 6.42 Å². The number of para-hydroxylation sites is 1. The fourth-order valence-corrected chi connectivity index (χ4v) is 4.21. The van der Waals surface area contributed by atoms with E-state index in [-0.39, 0.29) is 13.0 Å². The van der Waals surface area contributed by atoms with Crippen molar-refractivity contribution in [2.24, 2.45) is 5.41 Å². The molecule has 6 nitrogen and oxygen atoms in total. The number of carbonyl (C=O) groups is 3. The molecular formula is C21H19NO5. The maximum Gasteiger partial charge on any atom is 0.323 e. The monoisotopic (exact) mass is 365 g/mol. The normalized spacial score (nSPS) is 28.7. The van der Waals surface area contributed by atoms with E-state index in [1.54, 1.807) is 43.3 Å². The average Bonchev–Trinajstić information content (AvgIpc) is 2.86. The van der Waals surface area contributed by atoms with Gasteiger partial charge >= 0.3 is 5.97 Å². The summed E-state index contributed by atoms with van der Waals surface area (Å²) in [5, 5.41) is 2.77. The maximum absolute atomic E-state index is 12.9. The molecule has 0 bridgehead atoms. The second-order valence-corrected chi connectivity index (χ2v) is 6.71. The third kappa shape index (κ3) is 2.22. The smallest absolute Gasteiger partial charge is 0.323 e. The standard InChI is InChI=1S/C21H19NO5/c1-2-26-19(25)20-13-16(27-15-11-7-4-8-12-15)21(20,22-18(24)17(20)23)14-9-5-3-6-10-14/h3-12,16H,2,13H2,1H3,(H,22,24)/t16-,20-,21-/m1/s1. The topological polar surface area (TPSA) is 81.7 Å². The number of hydrogen-bond donors (Lipinski definition) is 1. The van der Waals surface area contributed by atoms with Crippen molar-refractivity contribution in [3.8, 4) is 5.75 Å². The van der Waals surface area contributed by atoms with E-state index in [2.05, 4.69) is 5.32 Å². The van der Waals surface area contributed by atoms with Gasteiger partial charge < -0.3 is 14.8 Å². The summed E-state index contributed by atoms with van der Waals surface area (Å²) < 4.78 is 11.3. The minimum Gasteiger partial charge on any atom is -0.488 e. The molecule has 6 heteroatoms. The molecule has 1 heterocycles. The van der Waals surface area contributed by atoms with Gasteiger partial charge in [-0.25, -0.2) is 0 Å². The predicted molar refractivity (Wildman–Crippen MR) is 95.8 cm³/mol.